The highest BCUT2D eigenvalue weighted by molar-refractivity contribution is 5.30. The lowest BCUT2D eigenvalue weighted by atomic mass is 10.2. The summed E-state index contributed by atoms with van der Waals surface area (Å²) >= 11 is 0. The third kappa shape index (κ3) is 3.50. The zero-order valence-corrected chi connectivity index (χ0v) is 11.0. The average Bonchev–Trinajstić information content (AvgIpc) is 2.46. The van der Waals surface area contributed by atoms with Gasteiger partial charge in [-0.05, 0) is 20.8 Å². The van der Waals surface area contributed by atoms with Crippen LogP contribution in [0.5, 0.6) is 0 Å². The van der Waals surface area contributed by atoms with Crippen LogP contribution in [0.2, 0.25) is 0 Å². The monoisotopic (exact) mass is 226 g/mol. The van der Waals surface area contributed by atoms with Gasteiger partial charge in [-0.2, -0.15) is 5.48 Å². The molecule has 1 N–H and O–H groups in total. The summed E-state index contributed by atoms with van der Waals surface area (Å²) in [6.07, 6.45) is 1.86. The van der Waals surface area contributed by atoms with Crippen molar-refractivity contribution in [2.24, 2.45) is 7.05 Å². The molecule has 5 heteroatoms. The largest absolute Gasteiger partial charge is 0.348 e. The van der Waals surface area contributed by atoms with Crippen molar-refractivity contribution in [1.82, 2.24) is 15.0 Å². The van der Waals surface area contributed by atoms with Crippen LogP contribution in [0, 0.1) is 0 Å². The number of nitrogens with one attached hydrogen (secondary N) is 1. The predicted octanol–water partition coefficient (Wildman–Crippen LogP) is 1.31. The van der Waals surface area contributed by atoms with Crippen LogP contribution >= 0.6 is 0 Å². The molecule has 16 heavy (non-hydrogen) atoms. The third-order valence-corrected chi connectivity index (χ3v) is 2.09. The number of hydrogen-bond acceptors (Lipinski definition) is 4. The zero-order chi connectivity index (χ0) is 12.3. The van der Waals surface area contributed by atoms with Crippen molar-refractivity contribution in [3.63, 3.8) is 0 Å². The maximum absolute atomic E-state index is 5.45. The molecule has 0 aromatic carbocycles. The molecule has 0 saturated heterocycles. The highest BCUT2D eigenvalue weighted by Gasteiger charge is 2.12. The highest BCUT2D eigenvalue weighted by atomic mass is 16.7. The maximum atomic E-state index is 5.45. The number of anilines is 1. The number of aromatic nitrogens is 2. The van der Waals surface area contributed by atoms with Gasteiger partial charge in [0.2, 0.25) is 5.95 Å². The second-order valence-electron chi connectivity index (χ2n) is 5.04. The zero-order valence-electron chi connectivity index (χ0n) is 11.0. The molecule has 0 bridgehead atoms. The topological polar surface area (TPSA) is 42.3 Å². The quantitative estimate of drug-likeness (QED) is 0.786. The molecule has 5 nitrogen and oxygen atoms in total. The normalized spacial score (nSPS) is 11.9. The van der Waals surface area contributed by atoms with Crippen LogP contribution in [0.4, 0.5) is 5.95 Å². The van der Waals surface area contributed by atoms with E-state index in [1.54, 1.807) is 0 Å². The molecule has 92 valence electrons. The Morgan fingerprint density at radius 2 is 2.06 bits per heavy atom. The van der Waals surface area contributed by atoms with Crippen LogP contribution in [0.3, 0.4) is 0 Å². The van der Waals surface area contributed by atoms with Gasteiger partial charge in [0.1, 0.15) is 0 Å². The summed E-state index contributed by atoms with van der Waals surface area (Å²) in [4.78, 5) is 11.8. The summed E-state index contributed by atoms with van der Waals surface area (Å²) in [7, 11) is 5.95. The minimum Gasteiger partial charge on any atom is -0.348 e. The van der Waals surface area contributed by atoms with E-state index in [1.165, 1.54) is 0 Å². The molecule has 1 aromatic rings. The first-order chi connectivity index (χ1) is 7.31. The second kappa shape index (κ2) is 4.84. The second-order valence-corrected chi connectivity index (χ2v) is 5.04. The van der Waals surface area contributed by atoms with Gasteiger partial charge in [-0.15, -0.1) is 0 Å². The van der Waals surface area contributed by atoms with Crippen molar-refractivity contribution in [1.29, 1.82) is 0 Å². The van der Waals surface area contributed by atoms with E-state index in [0.29, 0.717) is 6.54 Å². The van der Waals surface area contributed by atoms with Crippen molar-refractivity contribution in [2.45, 2.75) is 32.9 Å². The van der Waals surface area contributed by atoms with E-state index in [0.717, 1.165) is 11.6 Å². The standard InChI is InChI=1S/C11H22N4O/c1-11(2,3)16-13-8-9-7-12-10(14(4)5)15(9)6/h7,13H,8H2,1-6H3. The molecule has 0 aliphatic carbocycles. The van der Waals surface area contributed by atoms with Crippen molar-refractivity contribution in [3.8, 4) is 0 Å². The molecule has 0 radical (unpaired) electrons. The smallest absolute Gasteiger partial charge is 0.204 e. The van der Waals surface area contributed by atoms with Gasteiger partial charge in [-0.1, -0.05) is 0 Å². The molecule has 0 spiro atoms. The fraction of sp³-hybridized carbons (Fsp3) is 0.727. The van der Waals surface area contributed by atoms with Crippen LogP contribution in [-0.4, -0.2) is 29.2 Å². The molecule has 1 heterocycles. The lowest BCUT2D eigenvalue weighted by Crippen LogP contribution is -2.29. The Labute approximate surface area is 97.4 Å². The van der Waals surface area contributed by atoms with Crippen molar-refractivity contribution in [2.75, 3.05) is 19.0 Å². The minimum absolute atomic E-state index is 0.178. The van der Waals surface area contributed by atoms with Gasteiger partial charge in [0.15, 0.2) is 0 Å². The Morgan fingerprint density at radius 3 is 2.50 bits per heavy atom. The molecule has 0 aliphatic heterocycles. The number of imidazole rings is 1. The Morgan fingerprint density at radius 1 is 1.44 bits per heavy atom. The first-order valence-corrected chi connectivity index (χ1v) is 5.40. The minimum atomic E-state index is -0.178. The van der Waals surface area contributed by atoms with Gasteiger partial charge in [0, 0.05) is 21.1 Å². The summed E-state index contributed by atoms with van der Waals surface area (Å²) < 4.78 is 2.04. The van der Waals surface area contributed by atoms with E-state index in [4.69, 9.17) is 4.84 Å². The average molecular weight is 226 g/mol. The first-order valence-electron chi connectivity index (χ1n) is 5.40. The fourth-order valence-electron chi connectivity index (χ4n) is 1.34. The number of hydrogen-bond donors (Lipinski definition) is 1. The number of nitrogens with zero attached hydrogens (tertiary/aromatic N) is 3. The summed E-state index contributed by atoms with van der Waals surface area (Å²) in [6, 6.07) is 0. The van der Waals surface area contributed by atoms with E-state index in [1.807, 2.05) is 57.6 Å². The molecular formula is C11H22N4O. The van der Waals surface area contributed by atoms with Gasteiger partial charge >= 0.3 is 0 Å². The van der Waals surface area contributed by atoms with Crippen LogP contribution in [0.1, 0.15) is 26.5 Å². The van der Waals surface area contributed by atoms with E-state index >= 15 is 0 Å². The fourth-order valence-corrected chi connectivity index (χ4v) is 1.34. The number of hydroxylamine groups is 1. The molecule has 0 amide bonds. The Kier molecular flexibility index (Phi) is 3.93. The lowest BCUT2D eigenvalue weighted by Gasteiger charge is -2.19. The van der Waals surface area contributed by atoms with E-state index in [-0.39, 0.29) is 5.60 Å². The van der Waals surface area contributed by atoms with Crippen molar-refractivity contribution < 1.29 is 4.84 Å². The molecule has 1 rings (SSSR count). The lowest BCUT2D eigenvalue weighted by molar-refractivity contribution is -0.0763. The van der Waals surface area contributed by atoms with Crippen molar-refractivity contribution in [3.05, 3.63) is 11.9 Å². The molecule has 0 aliphatic rings. The molecule has 0 atom stereocenters. The summed E-state index contributed by atoms with van der Waals surface area (Å²) in [5, 5.41) is 0. The van der Waals surface area contributed by atoms with Gasteiger partial charge in [0.05, 0.1) is 24.0 Å². The molecule has 0 fully saturated rings. The van der Waals surface area contributed by atoms with Crippen LogP contribution in [0.25, 0.3) is 0 Å². The van der Waals surface area contributed by atoms with Gasteiger partial charge in [0.25, 0.3) is 0 Å². The van der Waals surface area contributed by atoms with E-state index in [2.05, 4.69) is 10.5 Å². The summed E-state index contributed by atoms with van der Waals surface area (Å²) in [5.74, 6) is 0.938. The highest BCUT2D eigenvalue weighted by Crippen LogP contribution is 2.11. The van der Waals surface area contributed by atoms with E-state index in [9.17, 15) is 0 Å². The van der Waals surface area contributed by atoms with Crippen molar-refractivity contribution >= 4 is 5.95 Å². The maximum Gasteiger partial charge on any atom is 0.204 e. The Hall–Kier alpha value is -1.07. The summed E-state index contributed by atoms with van der Waals surface area (Å²) in [5.41, 5.74) is 3.87. The Bertz CT molecular complexity index is 338. The summed E-state index contributed by atoms with van der Waals surface area (Å²) in [6.45, 7) is 6.67. The van der Waals surface area contributed by atoms with Gasteiger partial charge < -0.3 is 9.47 Å². The molecule has 1 aromatic heterocycles. The Balaban J connectivity index is 2.55. The molecule has 0 unspecified atom stereocenters. The first kappa shape index (κ1) is 13.0. The third-order valence-electron chi connectivity index (χ3n) is 2.09. The van der Waals surface area contributed by atoms with Gasteiger partial charge in [-0.25, -0.2) is 4.98 Å². The van der Waals surface area contributed by atoms with E-state index < -0.39 is 0 Å². The molecular weight excluding hydrogens is 204 g/mol. The van der Waals surface area contributed by atoms with Crippen LogP contribution in [-0.2, 0) is 18.4 Å². The van der Waals surface area contributed by atoms with Gasteiger partial charge in [-0.3, -0.25) is 4.84 Å². The predicted molar refractivity (Wildman–Crippen MR) is 65.2 cm³/mol. The number of rotatable bonds is 4. The van der Waals surface area contributed by atoms with Crippen LogP contribution in [0.15, 0.2) is 6.20 Å². The SMILES string of the molecule is CN(C)c1ncc(CNOC(C)(C)C)n1C. The van der Waals surface area contributed by atoms with Crippen LogP contribution < -0.4 is 10.4 Å². The molecule has 0 saturated carbocycles.